The Bertz CT molecular complexity index is 715. The minimum absolute atomic E-state index is 0.214. The molecule has 1 aliphatic rings. The molecule has 0 bridgehead atoms. The van der Waals surface area contributed by atoms with Gasteiger partial charge in [-0.15, -0.1) is 5.10 Å². The fourth-order valence-electron chi connectivity index (χ4n) is 1.89. The molecule has 2 aromatic heterocycles. The second-order valence-electron chi connectivity index (χ2n) is 4.99. The minimum Gasteiger partial charge on any atom is -0.338 e. The van der Waals surface area contributed by atoms with Crippen LogP contribution < -0.4 is 11.0 Å². The van der Waals surface area contributed by atoms with E-state index in [1.54, 1.807) is 24.5 Å². The standard InChI is InChI=1S/C12H15N5O3S/c1-6-5-9(20-16-6)13-10(18)7(2)21-12-15-14-11(19)17(12)8-3-4-8/h5,7-8H,3-4H2,1-2H3,(H,13,18)(H,14,19)/t7-/m1/s1. The molecule has 1 saturated carbocycles. The highest BCUT2D eigenvalue weighted by Gasteiger charge is 2.30. The van der Waals surface area contributed by atoms with E-state index in [1.807, 2.05) is 0 Å². The van der Waals surface area contributed by atoms with Crippen LogP contribution in [0.3, 0.4) is 0 Å². The van der Waals surface area contributed by atoms with Crippen LogP contribution in [0.5, 0.6) is 0 Å². The van der Waals surface area contributed by atoms with Crippen LogP contribution in [0.4, 0.5) is 5.88 Å². The number of aromatic amines is 1. The lowest BCUT2D eigenvalue weighted by Crippen LogP contribution is -2.23. The van der Waals surface area contributed by atoms with Gasteiger partial charge in [0.25, 0.3) is 0 Å². The number of H-pyrrole nitrogens is 1. The molecule has 2 N–H and O–H groups in total. The van der Waals surface area contributed by atoms with Crippen LogP contribution in [-0.2, 0) is 4.79 Å². The van der Waals surface area contributed by atoms with E-state index in [0.29, 0.717) is 16.7 Å². The molecule has 8 nitrogen and oxygen atoms in total. The summed E-state index contributed by atoms with van der Waals surface area (Å²) in [7, 11) is 0. The Labute approximate surface area is 124 Å². The van der Waals surface area contributed by atoms with E-state index < -0.39 is 5.25 Å². The predicted molar refractivity (Wildman–Crippen MR) is 76.3 cm³/mol. The van der Waals surface area contributed by atoms with E-state index in [4.69, 9.17) is 4.52 Å². The first-order valence-corrected chi connectivity index (χ1v) is 7.50. The molecule has 0 unspecified atom stereocenters. The Hall–Kier alpha value is -2.03. The molecule has 3 rings (SSSR count). The van der Waals surface area contributed by atoms with Crippen molar-refractivity contribution in [3.8, 4) is 0 Å². The maximum atomic E-state index is 12.1. The van der Waals surface area contributed by atoms with Crippen molar-refractivity contribution in [1.82, 2.24) is 19.9 Å². The van der Waals surface area contributed by atoms with Gasteiger partial charge >= 0.3 is 5.69 Å². The van der Waals surface area contributed by atoms with Crippen LogP contribution in [-0.4, -0.2) is 31.1 Å². The molecule has 0 aliphatic heterocycles. The van der Waals surface area contributed by atoms with Gasteiger partial charge in [0.15, 0.2) is 5.16 Å². The van der Waals surface area contributed by atoms with Crippen molar-refractivity contribution < 1.29 is 9.32 Å². The molecule has 21 heavy (non-hydrogen) atoms. The third-order valence-corrected chi connectivity index (χ3v) is 4.18. The van der Waals surface area contributed by atoms with Gasteiger partial charge in [0.1, 0.15) is 0 Å². The Balaban J connectivity index is 1.67. The van der Waals surface area contributed by atoms with Crippen LogP contribution in [0.2, 0.25) is 0 Å². The van der Waals surface area contributed by atoms with Crippen molar-refractivity contribution in [2.24, 2.45) is 0 Å². The van der Waals surface area contributed by atoms with Crippen molar-refractivity contribution in [1.29, 1.82) is 0 Å². The number of anilines is 1. The summed E-state index contributed by atoms with van der Waals surface area (Å²) in [5.41, 5.74) is 0.471. The Morgan fingerprint density at radius 3 is 3.00 bits per heavy atom. The first-order chi connectivity index (χ1) is 10.0. The van der Waals surface area contributed by atoms with Gasteiger partial charge in [0, 0.05) is 12.1 Å². The van der Waals surface area contributed by atoms with Gasteiger partial charge in [-0.05, 0) is 26.7 Å². The predicted octanol–water partition coefficient (Wildman–Crippen LogP) is 1.32. The Kier molecular flexibility index (Phi) is 3.58. The summed E-state index contributed by atoms with van der Waals surface area (Å²) in [6, 6.07) is 1.86. The smallest absolute Gasteiger partial charge is 0.338 e. The van der Waals surface area contributed by atoms with Gasteiger partial charge in [-0.1, -0.05) is 16.9 Å². The van der Waals surface area contributed by atoms with Crippen molar-refractivity contribution in [2.45, 2.75) is 43.1 Å². The minimum atomic E-state index is -0.414. The normalized spacial score (nSPS) is 15.9. The molecule has 9 heteroatoms. The number of hydrogen-bond donors (Lipinski definition) is 2. The van der Waals surface area contributed by atoms with Crippen molar-refractivity contribution in [3.05, 3.63) is 22.2 Å². The van der Waals surface area contributed by atoms with Crippen molar-refractivity contribution in [2.75, 3.05) is 5.32 Å². The van der Waals surface area contributed by atoms with Crippen molar-refractivity contribution >= 4 is 23.6 Å². The van der Waals surface area contributed by atoms with E-state index in [1.165, 1.54) is 11.8 Å². The molecule has 1 amide bonds. The van der Waals surface area contributed by atoms with E-state index >= 15 is 0 Å². The number of nitrogens with one attached hydrogen (secondary N) is 2. The molecule has 1 fully saturated rings. The molecule has 2 aromatic rings. The molecule has 1 aliphatic carbocycles. The first kappa shape index (κ1) is 13.9. The third-order valence-electron chi connectivity index (χ3n) is 3.11. The summed E-state index contributed by atoms with van der Waals surface area (Å²) < 4.78 is 6.56. The van der Waals surface area contributed by atoms with Gasteiger partial charge in [0.2, 0.25) is 11.8 Å². The van der Waals surface area contributed by atoms with Crippen LogP contribution >= 0.6 is 11.8 Å². The summed E-state index contributed by atoms with van der Waals surface area (Å²) in [5.74, 6) is 0.0838. The van der Waals surface area contributed by atoms with E-state index in [-0.39, 0.29) is 17.6 Å². The van der Waals surface area contributed by atoms with E-state index in [2.05, 4.69) is 20.7 Å². The highest BCUT2D eigenvalue weighted by atomic mass is 32.2. The van der Waals surface area contributed by atoms with Gasteiger partial charge in [-0.2, -0.15) is 0 Å². The average molecular weight is 309 g/mol. The molecular weight excluding hydrogens is 294 g/mol. The fourth-order valence-corrected chi connectivity index (χ4v) is 2.81. The van der Waals surface area contributed by atoms with Gasteiger partial charge < -0.3 is 4.52 Å². The average Bonchev–Trinajstić information content (AvgIpc) is 3.09. The fraction of sp³-hybridized carbons (Fsp3) is 0.500. The van der Waals surface area contributed by atoms with Crippen LogP contribution in [0.25, 0.3) is 0 Å². The third kappa shape index (κ3) is 3.02. The maximum absolute atomic E-state index is 12.1. The SMILES string of the molecule is Cc1cc(NC(=O)[C@@H](C)Sc2n[nH]c(=O)n2C2CC2)on1. The topological polar surface area (TPSA) is 106 Å². The largest absolute Gasteiger partial charge is 0.344 e. The number of aryl methyl sites for hydroxylation is 1. The van der Waals surface area contributed by atoms with Crippen LogP contribution in [0.1, 0.15) is 31.5 Å². The lowest BCUT2D eigenvalue weighted by Gasteiger charge is -2.10. The number of carbonyl (C=O) groups excluding carboxylic acids is 1. The molecular formula is C12H15N5O3S. The monoisotopic (exact) mass is 309 g/mol. The summed E-state index contributed by atoms with van der Waals surface area (Å²) in [5, 5.41) is 12.9. The Morgan fingerprint density at radius 2 is 2.38 bits per heavy atom. The lowest BCUT2D eigenvalue weighted by molar-refractivity contribution is -0.115. The van der Waals surface area contributed by atoms with Crippen LogP contribution in [0.15, 0.2) is 20.5 Å². The maximum Gasteiger partial charge on any atom is 0.344 e. The number of aromatic nitrogens is 4. The zero-order valence-electron chi connectivity index (χ0n) is 11.6. The Morgan fingerprint density at radius 1 is 1.62 bits per heavy atom. The zero-order chi connectivity index (χ0) is 15.0. The molecule has 112 valence electrons. The highest BCUT2D eigenvalue weighted by Crippen LogP contribution is 2.36. The molecule has 0 radical (unpaired) electrons. The number of rotatable bonds is 5. The molecule has 0 aromatic carbocycles. The van der Waals surface area contributed by atoms with Crippen LogP contribution in [0, 0.1) is 6.92 Å². The quantitative estimate of drug-likeness (QED) is 0.807. The number of nitrogens with zero attached hydrogens (tertiary/aromatic N) is 3. The van der Waals surface area contributed by atoms with Gasteiger partial charge in [-0.25, -0.2) is 9.89 Å². The first-order valence-electron chi connectivity index (χ1n) is 6.62. The molecule has 2 heterocycles. The summed E-state index contributed by atoms with van der Waals surface area (Å²) in [6.07, 6.45) is 1.95. The number of carbonyl (C=O) groups is 1. The molecule has 0 saturated heterocycles. The summed E-state index contributed by atoms with van der Waals surface area (Å²) in [4.78, 5) is 23.8. The number of hydrogen-bond acceptors (Lipinski definition) is 6. The van der Waals surface area contributed by atoms with E-state index in [9.17, 15) is 9.59 Å². The van der Waals surface area contributed by atoms with E-state index in [0.717, 1.165) is 12.8 Å². The highest BCUT2D eigenvalue weighted by molar-refractivity contribution is 8.00. The van der Waals surface area contributed by atoms with Crippen molar-refractivity contribution in [3.63, 3.8) is 0 Å². The molecule has 0 spiro atoms. The number of amides is 1. The zero-order valence-corrected chi connectivity index (χ0v) is 12.4. The second-order valence-corrected chi connectivity index (χ2v) is 6.30. The molecule has 1 atom stereocenters. The summed E-state index contributed by atoms with van der Waals surface area (Å²) >= 11 is 1.24. The second kappa shape index (κ2) is 5.40. The van der Waals surface area contributed by atoms with Gasteiger partial charge in [-0.3, -0.25) is 14.7 Å². The van der Waals surface area contributed by atoms with Gasteiger partial charge in [0.05, 0.1) is 10.9 Å². The lowest BCUT2D eigenvalue weighted by atomic mass is 10.4. The number of thioether (sulfide) groups is 1. The summed E-state index contributed by atoms with van der Waals surface area (Å²) in [6.45, 7) is 3.52.